The maximum atomic E-state index is 12.9. The van der Waals surface area contributed by atoms with E-state index in [2.05, 4.69) is 5.10 Å². The molecule has 0 saturated carbocycles. The summed E-state index contributed by atoms with van der Waals surface area (Å²) in [6, 6.07) is 9.00. The zero-order valence-electron chi connectivity index (χ0n) is 13.6. The van der Waals surface area contributed by atoms with Crippen molar-refractivity contribution in [3.8, 4) is 5.69 Å². The molecule has 0 unspecified atom stereocenters. The van der Waals surface area contributed by atoms with Crippen LogP contribution in [0.25, 0.3) is 5.69 Å². The smallest absolute Gasteiger partial charge is 0.254 e. The van der Waals surface area contributed by atoms with Crippen LogP contribution in [0.2, 0.25) is 0 Å². The molecular formula is C18H20N4O2. The van der Waals surface area contributed by atoms with Gasteiger partial charge in [0.2, 0.25) is 5.91 Å². The molecule has 2 aromatic rings. The van der Waals surface area contributed by atoms with Gasteiger partial charge in [-0.1, -0.05) is 0 Å². The number of aromatic nitrogens is 2. The molecule has 2 amide bonds. The average Bonchev–Trinajstić information content (AvgIpc) is 3.29. The highest BCUT2D eigenvalue weighted by Gasteiger charge is 2.42. The van der Waals surface area contributed by atoms with Crippen molar-refractivity contribution in [2.45, 2.75) is 31.8 Å². The van der Waals surface area contributed by atoms with Crippen LogP contribution in [0, 0.1) is 0 Å². The summed E-state index contributed by atoms with van der Waals surface area (Å²) in [5.41, 5.74) is 1.51. The van der Waals surface area contributed by atoms with E-state index in [1.54, 1.807) is 27.9 Å². The standard InChI is InChI=1S/C18H20N4O2/c1-13-17(23)20-10-2-4-16(20)12-21(13)18(24)14-5-7-15(8-6-14)22-11-3-9-19-22/h3,5-9,11,13,16H,2,4,10,12H2,1H3/t13-,16+/m0/s1. The van der Waals surface area contributed by atoms with Crippen molar-refractivity contribution in [1.82, 2.24) is 19.6 Å². The second-order valence-electron chi connectivity index (χ2n) is 6.46. The SMILES string of the molecule is C[C@H]1C(=O)N2CCC[C@@H]2CN1C(=O)c1ccc(-n2cccn2)cc1. The Morgan fingerprint density at radius 2 is 2.04 bits per heavy atom. The molecule has 124 valence electrons. The van der Waals surface area contributed by atoms with Gasteiger partial charge >= 0.3 is 0 Å². The molecule has 2 aliphatic rings. The highest BCUT2D eigenvalue weighted by molar-refractivity contribution is 5.98. The number of fused-ring (bicyclic) bond motifs is 1. The Morgan fingerprint density at radius 1 is 1.25 bits per heavy atom. The van der Waals surface area contributed by atoms with E-state index in [0.717, 1.165) is 25.1 Å². The van der Waals surface area contributed by atoms with Crippen LogP contribution in [-0.2, 0) is 4.79 Å². The number of hydrogen-bond acceptors (Lipinski definition) is 3. The van der Waals surface area contributed by atoms with Crippen LogP contribution in [-0.4, -0.2) is 56.6 Å². The van der Waals surface area contributed by atoms with Crippen LogP contribution in [0.1, 0.15) is 30.1 Å². The van der Waals surface area contributed by atoms with Gasteiger partial charge in [-0.05, 0) is 50.1 Å². The van der Waals surface area contributed by atoms with Gasteiger partial charge in [0.05, 0.1) is 5.69 Å². The van der Waals surface area contributed by atoms with E-state index in [9.17, 15) is 9.59 Å². The lowest BCUT2D eigenvalue weighted by Gasteiger charge is -2.41. The van der Waals surface area contributed by atoms with E-state index in [1.807, 2.05) is 36.2 Å². The predicted octanol–water partition coefficient (Wildman–Crippen LogP) is 1.71. The third-order valence-corrected chi connectivity index (χ3v) is 5.04. The Labute approximate surface area is 140 Å². The molecule has 24 heavy (non-hydrogen) atoms. The molecule has 1 aromatic carbocycles. The summed E-state index contributed by atoms with van der Waals surface area (Å²) in [7, 11) is 0. The molecule has 0 N–H and O–H groups in total. The number of carbonyl (C=O) groups excluding carboxylic acids is 2. The van der Waals surface area contributed by atoms with Gasteiger partial charge in [0.1, 0.15) is 6.04 Å². The summed E-state index contributed by atoms with van der Waals surface area (Å²) in [6.45, 7) is 3.29. The van der Waals surface area contributed by atoms with Gasteiger partial charge in [0.15, 0.2) is 0 Å². The Kier molecular flexibility index (Phi) is 3.59. The minimum Gasteiger partial charge on any atom is -0.336 e. The van der Waals surface area contributed by atoms with Crippen molar-refractivity contribution in [2.24, 2.45) is 0 Å². The van der Waals surface area contributed by atoms with E-state index in [-0.39, 0.29) is 17.9 Å². The van der Waals surface area contributed by atoms with Gasteiger partial charge in [0.25, 0.3) is 5.91 Å². The maximum absolute atomic E-state index is 12.9. The minimum atomic E-state index is -0.391. The molecule has 2 saturated heterocycles. The summed E-state index contributed by atoms with van der Waals surface area (Å²) < 4.78 is 1.75. The summed E-state index contributed by atoms with van der Waals surface area (Å²) >= 11 is 0. The van der Waals surface area contributed by atoms with Crippen LogP contribution < -0.4 is 0 Å². The fraction of sp³-hybridized carbons (Fsp3) is 0.389. The molecule has 3 heterocycles. The molecule has 0 bridgehead atoms. The molecule has 2 aliphatic heterocycles. The molecule has 2 atom stereocenters. The number of carbonyl (C=O) groups is 2. The maximum Gasteiger partial charge on any atom is 0.254 e. The second-order valence-corrected chi connectivity index (χ2v) is 6.46. The van der Waals surface area contributed by atoms with E-state index in [1.165, 1.54) is 0 Å². The number of benzene rings is 1. The Morgan fingerprint density at radius 3 is 2.75 bits per heavy atom. The fourth-order valence-corrected chi connectivity index (χ4v) is 3.68. The quantitative estimate of drug-likeness (QED) is 0.845. The van der Waals surface area contributed by atoms with Gasteiger partial charge in [-0.25, -0.2) is 4.68 Å². The van der Waals surface area contributed by atoms with Crippen molar-refractivity contribution in [1.29, 1.82) is 0 Å². The first-order valence-electron chi connectivity index (χ1n) is 8.36. The third-order valence-electron chi connectivity index (χ3n) is 5.04. The van der Waals surface area contributed by atoms with Crippen molar-refractivity contribution in [3.05, 3.63) is 48.3 Å². The Balaban J connectivity index is 1.55. The molecular weight excluding hydrogens is 304 g/mol. The van der Waals surface area contributed by atoms with Gasteiger partial charge in [-0.2, -0.15) is 5.10 Å². The zero-order chi connectivity index (χ0) is 16.7. The van der Waals surface area contributed by atoms with Crippen LogP contribution in [0.4, 0.5) is 0 Å². The second kappa shape index (κ2) is 5.78. The number of hydrogen-bond donors (Lipinski definition) is 0. The highest BCUT2D eigenvalue weighted by atomic mass is 16.2. The lowest BCUT2D eigenvalue weighted by Crippen LogP contribution is -2.60. The molecule has 0 spiro atoms. The average molecular weight is 324 g/mol. The number of rotatable bonds is 2. The van der Waals surface area contributed by atoms with Gasteiger partial charge in [-0.15, -0.1) is 0 Å². The summed E-state index contributed by atoms with van der Waals surface area (Å²) in [5.74, 6) is -0.000299. The normalized spacial score (nSPS) is 23.5. The first kappa shape index (κ1) is 14.9. The van der Waals surface area contributed by atoms with Crippen molar-refractivity contribution >= 4 is 11.8 Å². The molecule has 2 fully saturated rings. The lowest BCUT2D eigenvalue weighted by molar-refractivity contribution is -0.141. The zero-order valence-corrected chi connectivity index (χ0v) is 13.6. The van der Waals surface area contributed by atoms with E-state index < -0.39 is 6.04 Å². The molecule has 4 rings (SSSR count). The summed E-state index contributed by atoms with van der Waals surface area (Å²) in [5, 5.41) is 4.18. The first-order chi connectivity index (χ1) is 11.6. The van der Waals surface area contributed by atoms with Crippen LogP contribution >= 0.6 is 0 Å². The predicted molar refractivity (Wildman–Crippen MR) is 88.8 cm³/mol. The third kappa shape index (κ3) is 2.38. The molecule has 6 heteroatoms. The van der Waals surface area contributed by atoms with E-state index >= 15 is 0 Å². The molecule has 6 nitrogen and oxygen atoms in total. The fourth-order valence-electron chi connectivity index (χ4n) is 3.68. The lowest BCUT2D eigenvalue weighted by atomic mass is 10.1. The van der Waals surface area contributed by atoms with E-state index in [0.29, 0.717) is 12.1 Å². The monoisotopic (exact) mass is 324 g/mol. The number of amides is 2. The van der Waals surface area contributed by atoms with Crippen LogP contribution in [0.15, 0.2) is 42.7 Å². The Hall–Kier alpha value is -2.63. The van der Waals surface area contributed by atoms with Gasteiger partial charge < -0.3 is 9.80 Å². The van der Waals surface area contributed by atoms with Gasteiger partial charge in [0, 0.05) is 37.1 Å². The van der Waals surface area contributed by atoms with Crippen molar-refractivity contribution < 1.29 is 9.59 Å². The van der Waals surface area contributed by atoms with Gasteiger partial charge in [-0.3, -0.25) is 9.59 Å². The Bertz CT molecular complexity index is 754. The minimum absolute atomic E-state index is 0.0743. The summed E-state index contributed by atoms with van der Waals surface area (Å²) in [4.78, 5) is 29.0. The number of piperazine rings is 1. The molecule has 0 radical (unpaired) electrons. The van der Waals surface area contributed by atoms with Crippen LogP contribution in [0.5, 0.6) is 0 Å². The summed E-state index contributed by atoms with van der Waals surface area (Å²) in [6.07, 6.45) is 5.59. The van der Waals surface area contributed by atoms with Crippen molar-refractivity contribution in [2.75, 3.05) is 13.1 Å². The molecule has 1 aromatic heterocycles. The molecule has 0 aliphatic carbocycles. The number of nitrogens with zero attached hydrogens (tertiary/aromatic N) is 4. The highest BCUT2D eigenvalue weighted by Crippen LogP contribution is 2.26. The van der Waals surface area contributed by atoms with Crippen molar-refractivity contribution in [3.63, 3.8) is 0 Å². The first-order valence-corrected chi connectivity index (χ1v) is 8.36. The largest absolute Gasteiger partial charge is 0.336 e. The topological polar surface area (TPSA) is 58.4 Å². The van der Waals surface area contributed by atoms with Crippen LogP contribution in [0.3, 0.4) is 0 Å². The van der Waals surface area contributed by atoms with E-state index in [4.69, 9.17) is 0 Å².